The topological polar surface area (TPSA) is 72.9 Å². The van der Waals surface area contributed by atoms with Gasteiger partial charge in [-0.25, -0.2) is 9.37 Å². The smallest absolute Gasteiger partial charge is 0.217 e. The average Bonchev–Trinajstić information content (AvgIpc) is 3.27. The highest BCUT2D eigenvalue weighted by Crippen LogP contribution is 2.35. The maximum atomic E-state index is 13.3. The maximum absolute atomic E-state index is 13.3. The lowest BCUT2D eigenvalue weighted by molar-refractivity contribution is -0.242. The predicted molar refractivity (Wildman–Crippen MR) is 120 cm³/mol. The van der Waals surface area contributed by atoms with E-state index in [0.29, 0.717) is 5.82 Å². The van der Waals surface area contributed by atoms with Crippen LogP contribution in [-0.2, 0) is 9.47 Å². The molecule has 1 aromatic carbocycles. The highest BCUT2D eigenvalue weighted by atomic mass is 19.1. The molecule has 3 aromatic heterocycles. The number of nitrogens with one attached hydrogen (secondary N) is 1. The minimum atomic E-state index is -0.552. The summed E-state index contributed by atoms with van der Waals surface area (Å²) in [6, 6.07) is 15.8. The molecule has 164 valence electrons. The van der Waals surface area contributed by atoms with Gasteiger partial charge in [-0.15, -0.1) is 0 Å². The molecule has 4 aromatic rings. The third-order valence-electron chi connectivity index (χ3n) is 4.97. The number of hydrogen-bond donors (Lipinski definition) is 1. The highest BCUT2D eigenvalue weighted by Gasteiger charge is 2.29. The molecule has 0 aliphatic carbocycles. The van der Waals surface area contributed by atoms with E-state index in [1.807, 2.05) is 44.2 Å². The molecule has 0 saturated carbocycles. The third kappa shape index (κ3) is 5.43. The van der Waals surface area contributed by atoms with Gasteiger partial charge in [0, 0.05) is 35.9 Å². The zero-order valence-corrected chi connectivity index (χ0v) is 18.0. The van der Waals surface area contributed by atoms with Crippen molar-refractivity contribution in [1.82, 2.24) is 19.9 Å². The van der Waals surface area contributed by atoms with Crippen LogP contribution in [0.4, 0.5) is 4.39 Å². The van der Waals surface area contributed by atoms with Crippen LogP contribution in [0.15, 0.2) is 79.4 Å². The first-order chi connectivity index (χ1) is 15.6. The maximum Gasteiger partial charge on any atom is 0.217 e. The molecule has 32 heavy (non-hydrogen) atoms. The highest BCUT2D eigenvalue weighted by molar-refractivity contribution is 5.78. The first-order valence-corrected chi connectivity index (χ1v) is 10.5. The van der Waals surface area contributed by atoms with Gasteiger partial charge in [-0.1, -0.05) is 6.07 Å². The fourth-order valence-corrected chi connectivity index (χ4v) is 3.52. The monoisotopic (exact) mass is 432 g/mol. The van der Waals surface area contributed by atoms with Crippen molar-refractivity contribution in [2.75, 3.05) is 0 Å². The van der Waals surface area contributed by atoms with Crippen LogP contribution in [-0.4, -0.2) is 32.1 Å². The number of ether oxygens (including phenoxy) is 2. The molecular weight excluding hydrogens is 407 g/mol. The lowest BCUT2D eigenvalue weighted by Crippen LogP contribution is -2.30. The largest absolute Gasteiger partial charge is 0.343 e. The Hall–Kier alpha value is -3.42. The van der Waals surface area contributed by atoms with Gasteiger partial charge in [0.2, 0.25) is 6.29 Å². The summed E-state index contributed by atoms with van der Waals surface area (Å²) in [6.07, 6.45) is 7.42. The number of benzene rings is 1. The van der Waals surface area contributed by atoms with E-state index in [9.17, 15) is 4.39 Å². The van der Waals surface area contributed by atoms with Crippen LogP contribution in [0, 0.1) is 5.82 Å². The van der Waals surface area contributed by atoms with Crippen LogP contribution in [0.1, 0.15) is 32.4 Å². The third-order valence-corrected chi connectivity index (χ3v) is 4.97. The first kappa shape index (κ1) is 21.8. The molecule has 0 spiro atoms. The molecular formula is C25H25FN4O2. The van der Waals surface area contributed by atoms with Gasteiger partial charge < -0.3 is 14.5 Å². The normalized spacial score (nSPS) is 20.3. The summed E-state index contributed by atoms with van der Waals surface area (Å²) in [5, 5.41) is 0. The zero-order valence-electron chi connectivity index (χ0n) is 18.0. The molecule has 1 N–H and O–H groups in total. The van der Waals surface area contributed by atoms with Crippen LogP contribution in [0.25, 0.3) is 22.5 Å². The van der Waals surface area contributed by atoms with E-state index >= 15 is 0 Å². The van der Waals surface area contributed by atoms with E-state index < -0.39 is 6.29 Å². The average molecular weight is 432 g/mol. The summed E-state index contributed by atoms with van der Waals surface area (Å²) in [6.45, 7) is 4.05. The zero-order chi connectivity index (χ0) is 22.3. The summed E-state index contributed by atoms with van der Waals surface area (Å²) in [5.41, 5.74) is 3.31. The Balaban J connectivity index is 0.000000354. The lowest BCUT2D eigenvalue weighted by Gasteiger charge is -2.31. The van der Waals surface area contributed by atoms with E-state index in [2.05, 4.69) is 15.0 Å². The van der Waals surface area contributed by atoms with Gasteiger partial charge in [-0.2, -0.15) is 0 Å². The summed E-state index contributed by atoms with van der Waals surface area (Å²) < 4.78 is 25.2. The van der Waals surface area contributed by atoms with Crippen molar-refractivity contribution >= 4 is 0 Å². The van der Waals surface area contributed by atoms with Gasteiger partial charge in [0.05, 0.1) is 23.6 Å². The molecule has 4 heterocycles. The second kappa shape index (κ2) is 10.3. The summed E-state index contributed by atoms with van der Waals surface area (Å²) in [4.78, 5) is 15.9. The molecule has 5 rings (SSSR count). The Labute approximate surface area is 186 Å². The van der Waals surface area contributed by atoms with Gasteiger partial charge in [-0.05, 0) is 68.8 Å². The number of nitrogens with zero attached hydrogens (tertiary/aromatic N) is 3. The van der Waals surface area contributed by atoms with Gasteiger partial charge >= 0.3 is 0 Å². The summed E-state index contributed by atoms with van der Waals surface area (Å²) in [5.74, 6) is 0.325. The van der Waals surface area contributed by atoms with Crippen LogP contribution in [0.3, 0.4) is 0 Å². The summed E-state index contributed by atoms with van der Waals surface area (Å²) >= 11 is 0. The molecule has 1 aliphatic heterocycles. The Morgan fingerprint density at radius 2 is 1.44 bits per heavy atom. The molecule has 0 bridgehead atoms. The standard InChI is InChI=1S/C20H20FN3O2.C5H5N/c1-12-11-13(2)26-20(25-12)19-23-17(14-3-5-16(21)6-4-14)18(24-19)15-7-9-22-10-8-15;1-2-4-6-5-3-1/h3-10,12-13,20H,11H2,1-2H3,(H,23,24);1-5H. The number of aromatic amines is 1. The van der Waals surface area contributed by atoms with E-state index in [0.717, 1.165) is 28.9 Å². The van der Waals surface area contributed by atoms with E-state index in [4.69, 9.17) is 14.5 Å². The van der Waals surface area contributed by atoms with Gasteiger partial charge in [0.25, 0.3) is 0 Å². The second-order valence-corrected chi connectivity index (χ2v) is 7.57. The molecule has 2 unspecified atom stereocenters. The van der Waals surface area contributed by atoms with Crippen LogP contribution in [0.5, 0.6) is 0 Å². The summed E-state index contributed by atoms with van der Waals surface area (Å²) in [7, 11) is 0. The van der Waals surface area contributed by atoms with Crippen molar-refractivity contribution < 1.29 is 13.9 Å². The fourth-order valence-electron chi connectivity index (χ4n) is 3.52. The number of imidazole rings is 1. The molecule has 1 aliphatic rings. The SMILES string of the molecule is CC1CC(C)OC(c2nc(-c3ccc(F)cc3)c(-c3ccncc3)[nH]2)O1.c1ccncc1. The van der Waals surface area contributed by atoms with Crippen LogP contribution < -0.4 is 0 Å². The van der Waals surface area contributed by atoms with Gasteiger partial charge in [0.15, 0.2) is 5.82 Å². The van der Waals surface area contributed by atoms with Crippen molar-refractivity contribution in [3.05, 3.63) is 91.0 Å². The van der Waals surface area contributed by atoms with Crippen LogP contribution in [0.2, 0.25) is 0 Å². The molecule has 1 saturated heterocycles. The number of pyridine rings is 2. The quantitative estimate of drug-likeness (QED) is 0.458. The number of hydrogen-bond acceptors (Lipinski definition) is 5. The minimum Gasteiger partial charge on any atom is -0.343 e. The first-order valence-electron chi connectivity index (χ1n) is 10.5. The molecule has 0 radical (unpaired) electrons. The number of rotatable bonds is 3. The molecule has 7 heteroatoms. The van der Waals surface area contributed by atoms with Gasteiger partial charge in [0.1, 0.15) is 5.82 Å². The van der Waals surface area contributed by atoms with Crippen molar-refractivity contribution in [3.63, 3.8) is 0 Å². The van der Waals surface area contributed by atoms with Gasteiger partial charge in [-0.3, -0.25) is 9.97 Å². The fraction of sp³-hybridized carbons (Fsp3) is 0.240. The Morgan fingerprint density at radius 1 is 0.812 bits per heavy atom. The number of halogens is 1. The predicted octanol–water partition coefficient (Wildman–Crippen LogP) is 5.57. The van der Waals surface area contributed by atoms with E-state index in [-0.39, 0.29) is 18.0 Å². The minimum absolute atomic E-state index is 0.0903. The van der Waals surface area contributed by atoms with E-state index in [1.54, 1.807) is 36.9 Å². The Morgan fingerprint density at radius 3 is 2.00 bits per heavy atom. The van der Waals surface area contributed by atoms with E-state index in [1.165, 1.54) is 12.1 Å². The lowest BCUT2D eigenvalue weighted by atomic mass is 10.1. The molecule has 6 nitrogen and oxygen atoms in total. The molecule has 1 fully saturated rings. The molecule has 0 amide bonds. The van der Waals surface area contributed by atoms with Crippen molar-refractivity contribution in [2.24, 2.45) is 0 Å². The Bertz CT molecular complexity index is 1070. The number of aromatic nitrogens is 4. The van der Waals surface area contributed by atoms with Crippen LogP contribution >= 0.6 is 0 Å². The molecule has 2 atom stereocenters. The second-order valence-electron chi connectivity index (χ2n) is 7.57. The van der Waals surface area contributed by atoms with Crippen molar-refractivity contribution in [2.45, 2.75) is 38.8 Å². The number of H-pyrrole nitrogens is 1. The van der Waals surface area contributed by atoms with Crippen molar-refractivity contribution in [3.8, 4) is 22.5 Å². The Kier molecular flexibility index (Phi) is 6.99. The van der Waals surface area contributed by atoms with Crippen molar-refractivity contribution in [1.29, 1.82) is 0 Å².